The average molecular weight is 344 g/mol. The largest absolute Gasteiger partial charge is 0.444 e. The molecule has 0 fully saturated rings. The van der Waals surface area contributed by atoms with Crippen LogP contribution in [0.4, 0.5) is 4.79 Å². The lowest BCUT2D eigenvalue weighted by molar-refractivity contribution is 0.0528. The molecule has 1 N–H and O–H groups in total. The molecule has 1 aliphatic heterocycles. The van der Waals surface area contributed by atoms with Crippen molar-refractivity contribution in [2.75, 3.05) is 0 Å². The zero-order valence-corrected chi connectivity index (χ0v) is 15.5. The molecule has 1 heterocycles. The number of nitrogens with one attached hydrogen (secondary N) is 1. The summed E-state index contributed by atoms with van der Waals surface area (Å²) in [5.41, 5.74) is -0.0331. The molecule has 134 valence electrons. The predicted molar refractivity (Wildman–Crippen MR) is 93.8 cm³/mol. The fourth-order valence-electron chi connectivity index (χ4n) is 2.28. The first-order valence-corrected chi connectivity index (χ1v) is 8.09. The van der Waals surface area contributed by atoms with Gasteiger partial charge in [0, 0.05) is 17.3 Å². The minimum Gasteiger partial charge on any atom is -0.444 e. The van der Waals surface area contributed by atoms with Gasteiger partial charge in [-0.2, -0.15) is 0 Å². The van der Waals surface area contributed by atoms with Crippen LogP contribution in [0.3, 0.4) is 0 Å². The lowest BCUT2D eigenvalue weighted by Crippen LogP contribution is -2.37. The minimum atomic E-state index is -0.650. The second-order valence-electron chi connectivity index (χ2n) is 7.95. The Bertz CT molecular complexity index is 716. The van der Waals surface area contributed by atoms with E-state index in [-0.39, 0.29) is 0 Å². The minimum absolute atomic E-state index is 0.356. The van der Waals surface area contributed by atoms with Crippen LogP contribution in [0.2, 0.25) is 0 Å². The summed E-state index contributed by atoms with van der Waals surface area (Å²) >= 11 is 0. The van der Waals surface area contributed by atoms with Crippen LogP contribution in [0.1, 0.15) is 62.3 Å². The number of carbonyl (C=O) groups excluding carboxylic acids is 3. The molecule has 0 bridgehead atoms. The summed E-state index contributed by atoms with van der Waals surface area (Å²) in [6.45, 7) is 10.9. The number of ether oxygens (including phenoxy) is 1. The maximum Gasteiger partial charge on any atom is 0.411 e. The van der Waals surface area contributed by atoms with E-state index in [9.17, 15) is 14.4 Å². The molecule has 1 aliphatic rings. The summed E-state index contributed by atoms with van der Waals surface area (Å²) in [5, 5.41) is 2.66. The predicted octanol–water partition coefficient (Wildman–Crippen LogP) is 3.69. The van der Waals surface area contributed by atoms with Gasteiger partial charge in [0.05, 0.1) is 11.1 Å². The Balaban J connectivity index is 2.32. The van der Waals surface area contributed by atoms with Gasteiger partial charge in [0.2, 0.25) is 0 Å². The Morgan fingerprint density at radius 2 is 1.48 bits per heavy atom. The first kappa shape index (κ1) is 18.7. The molecule has 6 heteroatoms. The highest BCUT2D eigenvalue weighted by Crippen LogP contribution is 2.28. The van der Waals surface area contributed by atoms with Gasteiger partial charge in [-0.25, -0.2) is 9.69 Å². The van der Waals surface area contributed by atoms with Crippen LogP contribution in [0, 0.1) is 5.41 Å². The smallest absolute Gasteiger partial charge is 0.411 e. The quantitative estimate of drug-likeness (QED) is 0.830. The molecule has 1 aromatic carbocycles. The monoisotopic (exact) mass is 344 g/mol. The van der Waals surface area contributed by atoms with Crippen molar-refractivity contribution in [2.45, 2.75) is 47.1 Å². The van der Waals surface area contributed by atoms with E-state index in [1.807, 2.05) is 20.8 Å². The molecule has 2 rings (SSSR count). The summed E-state index contributed by atoms with van der Waals surface area (Å²) in [4.78, 5) is 38.1. The third kappa shape index (κ3) is 4.26. The van der Waals surface area contributed by atoms with Crippen LogP contribution >= 0.6 is 0 Å². The van der Waals surface area contributed by atoms with Crippen molar-refractivity contribution in [3.05, 3.63) is 47.3 Å². The molecule has 1 aromatic rings. The molecule has 25 heavy (non-hydrogen) atoms. The van der Waals surface area contributed by atoms with Crippen LogP contribution in [0.25, 0.3) is 0 Å². The van der Waals surface area contributed by atoms with E-state index < -0.39 is 28.9 Å². The first-order valence-electron chi connectivity index (χ1n) is 8.09. The fourth-order valence-corrected chi connectivity index (χ4v) is 2.28. The molecule has 0 saturated heterocycles. The van der Waals surface area contributed by atoms with Gasteiger partial charge < -0.3 is 4.74 Å². The maximum absolute atomic E-state index is 12.5. The van der Waals surface area contributed by atoms with Crippen molar-refractivity contribution in [3.63, 3.8) is 0 Å². The topological polar surface area (TPSA) is 75.7 Å². The molecule has 0 aliphatic carbocycles. The summed E-state index contributed by atoms with van der Waals surface area (Å²) in [7, 11) is 0. The Morgan fingerprint density at radius 3 is 1.88 bits per heavy atom. The third-order valence-electron chi connectivity index (χ3n) is 3.53. The lowest BCUT2D eigenvalue weighted by Gasteiger charge is -2.27. The van der Waals surface area contributed by atoms with Gasteiger partial charge in [-0.15, -0.1) is 0 Å². The number of amides is 3. The number of imide groups is 1. The second kappa shape index (κ2) is 6.35. The molecule has 3 amide bonds. The fraction of sp³-hybridized carbons (Fsp3) is 0.421. The summed E-state index contributed by atoms with van der Waals surface area (Å²) in [5.74, 6) is -0.818. The van der Waals surface area contributed by atoms with Gasteiger partial charge >= 0.3 is 6.09 Å². The van der Waals surface area contributed by atoms with Crippen molar-refractivity contribution < 1.29 is 19.1 Å². The van der Waals surface area contributed by atoms with E-state index in [0.717, 1.165) is 4.90 Å². The molecular weight excluding hydrogens is 320 g/mol. The Morgan fingerprint density at radius 1 is 1.00 bits per heavy atom. The molecule has 0 saturated carbocycles. The standard InChI is InChI=1S/C19H24N2O4/c1-18(2,3)14(20-17(24)25-19(4,5)6)11-21-15(22)12-9-7-8-10-13(12)16(21)23/h7-11H,1-6H3,(H,20,24)/b14-11+. The Labute approximate surface area is 147 Å². The zero-order valence-electron chi connectivity index (χ0n) is 15.5. The highest BCUT2D eigenvalue weighted by molar-refractivity contribution is 6.22. The van der Waals surface area contributed by atoms with E-state index in [2.05, 4.69) is 5.32 Å². The van der Waals surface area contributed by atoms with Crippen LogP contribution in [-0.2, 0) is 4.74 Å². The van der Waals surface area contributed by atoms with Crippen LogP contribution in [-0.4, -0.2) is 28.4 Å². The molecule has 0 atom stereocenters. The number of alkyl carbamates (subject to hydrolysis) is 1. The normalized spacial score (nSPS) is 15.3. The summed E-state index contributed by atoms with van der Waals surface area (Å²) < 4.78 is 5.26. The van der Waals surface area contributed by atoms with Crippen LogP contribution in [0.5, 0.6) is 0 Å². The van der Waals surface area contributed by atoms with Crippen LogP contribution in [0.15, 0.2) is 36.2 Å². The van der Waals surface area contributed by atoms with Crippen LogP contribution < -0.4 is 5.32 Å². The molecular formula is C19H24N2O4. The number of fused-ring (bicyclic) bond motifs is 1. The van der Waals surface area contributed by atoms with Gasteiger partial charge in [-0.3, -0.25) is 14.9 Å². The van der Waals surface area contributed by atoms with Gasteiger partial charge in [-0.1, -0.05) is 32.9 Å². The molecule has 0 aromatic heterocycles. The van der Waals surface area contributed by atoms with Crippen molar-refractivity contribution in [1.82, 2.24) is 10.2 Å². The number of hydrogen-bond donors (Lipinski definition) is 1. The molecule has 0 spiro atoms. The van der Waals surface area contributed by atoms with E-state index in [0.29, 0.717) is 16.8 Å². The van der Waals surface area contributed by atoms with Crippen molar-refractivity contribution in [3.8, 4) is 0 Å². The van der Waals surface area contributed by atoms with Gasteiger partial charge in [0.1, 0.15) is 5.60 Å². The van der Waals surface area contributed by atoms with Gasteiger partial charge in [0.15, 0.2) is 0 Å². The molecule has 0 unspecified atom stereocenters. The maximum atomic E-state index is 12.5. The lowest BCUT2D eigenvalue weighted by atomic mass is 9.92. The molecule has 0 radical (unpaired) electrons. The Hall–Kier alpha value is -2.63. The van der Waals surface area contributed by atoms with Gasteiger partial charge in [0.25, 0.3) is 11.8 Å². The number of hydrogen-bond acceptors (Lipinski definition) is 4. The number of carbonyl (C=O) groups is 3. The average Bonchev–Trinajstić information content (AvgIpc) is 2.69. The van der Waals surface area contributed by atoms with E-state index in [4.69, 9.17) is 4.74 Å². The summed E-state index contributed by atoms with van der Waals surface area (Å²) in [6.07, 6.45) is 0.750. The summed E-state index contributed by atoms with van der Waals surface area (Å²) in [6, 6.07) is 6.64. The highest BCUT2D eigenvalue weighted by atomic mass is 16.6. The van der Waals surface area contributed by atoms with E-state index in [1.165, 1.54) is 6.20 Å². The van der Waals surface area contributed by atoms with E-state index >= 15 is 0 Å². The number of allylic oxidation sites excluding steroid dienone is 1. The van der Waals surface area contributed by atoms with Crippen molar-refractivity contribution in [2.24, 2.45) is 5.41 Å². The number of benzene rings is 1. The van der Waals surface area contributed by atoms with Crippen molar-refractivity contribution >= 4 is 17.9 Å². The Kier molecular flexibility index (Phi) is 4.75. The first-order chi connectivity index (χ1) is 11.4. The third-order valence-corrected chi connectivity index (χ3v) is 3.53. The molecule has 6 nitrogen and oxygen atoms in total. The SMILES string of the molecule is CC(C)(C)OC(=O)N/C(=C/N1C(=O)c2ccccc2C1=O)C(C)(C)C. The van der Waals surface area contributed by atoms with E-state index in [1.54, 1.807) is 45.0 Å². The zero-order chi connectivity index (χ0) is 19.0. The second-order valence-corrected chi connectivity index (χ2v) is 7.95. The van der Waals surface area contributed by atoms with Crippen molar-refractivity contribution in [1.29, 1.82) is 0 Å². The highest BCUT2D eigenvalue weighted by Gasteiger charge is 2.35. The van der Waals surface area contributed by atoms with Gasteiger partial charge in [-0.05, 0) is 32.9 Å². The number of nitrogens with zero attached hydrogens (tertiary/aromatic N) is 1. The number of rotatable bonds is 2.